The third-order valence-electron chi connectivity index (χ3n) is 12.8. The number of carbonyl (C=O) groups excluding carboxylic acids is 1. The van der Waals surface area contributed by atoms with Crippen LogP contribution in [-0.2, 0) is 16.4 Å². The fraction of sp³-hybridized carbons (Fsp3) is 0.676. The Hall–Kier alpha value is -3.55. The molecule has 2 N–H and O–H groups in total. The number of fused-ring (bicyclic) bond motifs is 4. The lowest BCUT2D eigenvalue weighted by Gasteiger charge is -2.45. The Morgan fingerprint density at radius 3 is 2.43 bits per heavy atom. The lowest BCUT2D eigenvalue weighted by Crippen LogP contribution is -2.57. The minimum Gasteiger partial charge on any atom is -0.490 e. The van der Waals surface area contributed by atoms with Crippen molar-refractivity contribution in [3.63, 3.8) is 0 Å². The molecule has 14 heteroatoms. The van der Waals surface area contributed by atoms with Crippen molar-refractivity contribution in [3.8, 4) is 5.75 Å². The summed E-state index contributed by atoms with van der Waals surface area (Å²) in [6.45, 7) is 3.79. The van der Waals surface area contributed by atoms with Crippen molar-refractivity contribution in [2.75, 3.05) is 24.5 Å². The molecule has 6 aliphatic rings. The smallest absolute Gasteiger partial charge is 0.434 e. The number of ether oxygens (including phenoxy) is 1. The highest BCUT2D eigenvalue weighted by Crippen LogP contribution is 2.54. The summed E-state index contributed by atoms with van der Waals surface area (Å²) in [5, 5.41) is 12.8. The van der Waals surface area contributed by atoms with Crippen LogP contribution >= 0.6 is 0 Å². The molecule has 3 heterocycles. The largest absolute Gasteiger partial charge is 0.490 e. The highest BCUT2D eigenvalue weighted by atomic mass is 19.4. The molecule has 4 aliphatic carbocycles. The maximum absolute atomic E-state index is 14.6. The molecule has 2 aliphatic heterocycles. The molecule has 4 unspecified atom stereocenters. The number of aliphatic carboxylic acids is 1. The number of carbonyl (C=O) groups is 2. The second-order valence-electron chi connectivity index (χ2n) is 16.3. The fourth-order valence-electron chi connectivity index (χ4n) is 10.4. The molecule has 4 atom stereocenters. The van der Waals surface area contributed by atoms with E-state index < -0.39 is 40.8 Å². The summed E-state index contributed by atoms with van der Waals surface area (Å²) in [6.07, 6.45) is 2.91. The first-order valence-corrected chi connectivity index (χ1v) is 18.4. The van der Waals surface area contributed by atoms with E-state index in [1.165, 1.54) is 0 Å². The highest BCUT2D eigenvalue weighted by Gasteiger charge is 2.57. The highest BCUT2D eigenvalue weighted by molar-refractivity contribution is 5.99. The number of benzene rings is 1. The summed E-state index contributed by atoms with van der Waals surface area (Å²) in [7, 11) is 0. The van der Waals surface area contributed by atoms with Crippen LogP contribution in [0.5, 0.6) is 5.75 Å². The van der Waals surface area contributed by atoms with E-state index in [4.69, 9.17) is 4.74 Å². The minimum absolute atomic E-state index is 0.0688. The Kier molecular flexibility index (Phi) is 8.30. The average molecular weight is 718 g/mol. The minimum atomic E-state index is -5.00. The Morgan fingerprint density at radius 2 is 1.76 bits per heavy atom. The van der Waals surface area contributed by atoms with Crippen LogP contribution in [-0.4, -0.2) is 75.1 Å². The summed E-state index contributed by atoms with van der Waals surface area (Å²) in [6, 6.07) is 5.54. The molecule has 1 aromatic carbocycles. The van der Waals surface area contributed by atoms with Crippen molar-refractivity contribution in [1.29, 1.82) is 0 Å². The van der Waals surface area contributed by atoms with Gasteiger partial charge in [0, 0.05) is 55.8 Å². The van der Waals surface area contributed by atoms with Crippen LogP contribution in [0.3, 0.4) is 0 Å². The van der Waals surface area contributed by atoms with E-state index in [1.54, 1.807) is 11.0 Å². The van der Waals surface area contributed by atoms with Crippen LogP contribution in [0.25, 0.3) is 0 Å². The average Bonchev–Trinajstić information content (AvgIpc) is 3.74. The molecule has 1 aromatic heterocycles. The number of aromatic nitrogens is 2. The van der Waals surface area contributed by atoms with Gasteiger partial charge in [-0.15, -0.1) is 0 Å². The number of nitrogens with zero attached hydrogens (tertiary/aromatic N) is 4. The predicted octanol–water partition coefficient (Wildman–Crippen LogP) is 7.11. The van der Waals surface area contributed by atoms with Crippen LogP contribution in [0, 0.1) is 17.8 Å². The maximum Gasteiger partial charge on any atom is 0.434 e. The predicted molar refractivity (Wildman–Crippen MR) is 176 cm³/mol. The number of carboxylic acids is 1. The number of carboxylic acid groups (broad SMARTS) is 1. The van der Waals surface area contributed by atoms with Crippen molar-refractivity contribution in [3.05, 3.63) is 41.2 Å². The lowest BCUT2D eigenvalue weighted by atomic mass is 9.78. The van der Waals surface area contributed by atoms with Gasteiger partial charge in [-0.05, 0) is 92.9 Å². The van der Waals surface area contributed by atoms with Crippen LogP contribution < -0.4 is 15.0 Å². The van der Waals surface area contributed by atoms with E-state index in [-0.39, 0.29) is 60.5 Å². The molecule has 5 fully saturated rings. The van der Waals surface area contributed by atoms with Crippen LogP contribution in [0.4, 0.5) is 33.6 Å². The Balaban J connectivity index is 1.04. The SMILES string of the molecule is CC1CC2CC(C1)C(NC(=O)c1cnc(N3CC4(CCCC4)c4cc(OC5CCN(C6CC(F)(F)C6)CC5)ccc43)nc1C(F)(F)F)(C(=O)O)C2. The maximum atomic E-state index is 14.6. The molecule has 4 saturated carbocycles. The van der Waals surface area contributed by atoms with Gasteiger partial charge in [-0.25, -0.2) is 23.5 Å². The van der Waals surface area contributed by atoms with E-state index in [1.807, 2.05) is 19.1 Å². The van der Waals surface area contributed by atoms with Gasteiger partial charge in [0.05, 0.1) is 5.56 Å². The first-order chi connectivity index (χ1) is 24.1. The Labute approximate surface area is 293 Å². The molecule has 2 bridgehead atoms. The second kappa shape index (κ2) is 12.3. The second-order valence-corrected chi connectivity index (χ2v) is 16.3. The first-order valence-electron chi connectivity index (χ1n) is 18.4. The summed E-state index contributed by atoms with van der Waals surface area (Å²) < 4.78 is 77.1. The van der Waals surface area contributed by atoms with Crippen molar-refractivity contribution in [2.45, 2.75) is 119 Å². The van der Waals surface area contributed by atoms with Crippen LogP contribution in [0.1, 0.15) is 106 Å². The molecular formula is C37H44F5N5O4. The van der Waals surface area contributed by atoms with Gasteiger partial charge < -0.3 is 20.1 Å². The van der Waals surface area contributed by atoms with E-state index in [2.05, 4.69) is 20.2 Å². The standard InChI is InChI=1S/C37H44F5N5O4/c1-21-12-22-14-23(13-21)36(16-22,32(49)50)45-31(48)27-19-43-33(44-30(27)37(40,41)42)47-20-34(8-2-3-9-34)28-15-26(4-5-29(28)47)51-25-6-10-46(11-7-25)24-17-35(38,39)18-24/h4-5,15,19,21-25H,2-3,6-14,16-18,20H2,1H3,(H,45,48)(H,49,50). The molecule has 276 valence electrons. The number of hydrogen-bond donors (Lipinski definition) is 2. The van der Waals surface area contributed by atoms with Gasteiger partial charge in [-0.1, -0.05) is 19.8 Å². The van der Waals surface area contributed by atoms with Gasteiger partial charge in [0.2, 0.25) is 5.95 Å². The normalized spacial score (nSPS) is 30.3. The molecule has 1 saturated heterocycles. The van der Waals surface area contributed by atoms with E-state index in [9.17, 15) is 36.6 Å². The molecule has 1 spiro atoms. The summed E-state index contributed by atoms with van der Waals surface area (Å²) in [5.74, 6) is -4.44. The lowest BCUT2D eigenvalue weighted by molar-refractivity contribution is -0.146. The van der Waals surface area contributed by atoms with Gasteiger partial charge >= 0.3 is 12.1 Å². The number of amides is 1. The third kappa shape index (κ3) is 6.12. The van der Waals surface area contributed by atoms with Crippen molar-refractivity contribution in [1.82, 2.24) is 20.2 Å². The van der Waals surface area contributed by atoms with Gasteiger partial charge in [0.25, 0.3) is 11.8 Å². The first kappa shape index (κ1) is 34.5. The topological polar surface area (TPSA) is 108 Å². The van der Waals surface area contributed by atoms with Crippen molar-refractivity contribution < 1.29 is 41.4 Å². The number of halogens is 5. The summed E-state index contributed by atoms with van der Waals surface area (Å²) >= 11 is 0. The van der Waals surface area contributed by atoms with Crippen LogP contribution in [0.15, 0.2) is 24.4 Å². The Morgan fingerprint density at radius 1 is 1.04 bits per heavy atom. The van der Waals surface area contributed by atoms with Crippen molar-refractivity contribution in [2.24, 2.45) is 17.8 Å². The monoisotopic (exact) mass is 717 g/mol. The number of likely N-dealkylation sites (tertiary alicyclic amines) is 1. The van der Waals surface area contributed by atoms with Gasteiger partial charge in [-0.2, -0.15) is 13.2 Å². The molecule has 0 radical (unpaired) electrons. The van der Waals surface area contributed by atoms with Gasteiger partial charge in [-0.3, -0.25) is 9.69 Å². The summed E-state index contributed by atoms with van der Waals surface area (Å²) in [4.78, 5) is 38.3. The van der Waals surface area contributed by atoms with E-state index in [0.29, 0.717) is 43.9 Å². The van der Waals surface area contributed by atoms with E-state index in [0.717, 1.165) is 56.7 Å². The number of hydrogen-bond acceptors (Lipinski definition) is 7. The zero-order valence-electron chi connectivity index (χ0n) is 28.7. The molecule has 1 amide bonds. The van der Waals surface area contributed by atoms with Crippen LogP contribution in [0.2, 0.25) is 0 Å². The van der Waals surface area contributed by atoms with Crippen molar-refractivity contribution >= 4 is 23.5 Å². The van der Waals surface area contributed by atoms with Gasteiger partial charge in [0.1, 0.15) is 17.4 Å². The number of piperidine rings is 1. The molecule has 8 rings (SSSR count). The number of anilines is 2. The van der Waals surface area contributed by atoms with Gasteiger partial charge in [0.15, 0.2) is 5.69 Å². The number of alkyl halides is 5. The number of rotatable bonds is 7. The third-order valence-corrected chi connectivity index (χ3v) is 12.8. The summed E-state index contributed by atoms with van der Waals surface area (Å²) in [5.41, 5.74) is -2.50. The quantitative estimate of drug-likeness (QED) is 0.292. The van der Waals surface area contributed by atoms with E-state index >= 15 is 0 Å². The molecule has 51 heavy (non-hydrogen) atoms. The zero-order chi connectivity index (χ0) is 35.9. The molecular weight excluding hydrogens is 673 g/mol. The molecule has 9 nitrogen and oxygen atoms in total. The fourth-order valence-corrected chi connectivity index (χ4v) is 10.4. The molecule has 2 aromatic rings. The number of nitrogens with one attached hydrogen (secondary N) is 1. The zero-order valence-corrected chi connectivity index (χ0v) is 28.7. The Bertz CT molecular complexity index is 1700.